The van der Waals surface area contributed by atoms with E-state index in [0.29, 0.717) is 16.1 Å². The van der Waals surface area contributed by atoms with Crippen LogP contribution in [0.4, 0.5) is 9.59 Å². The first kappa shape index (κ1) is 17.7. The topological polar surface area (TPSA) is 113 Å². The fourth-order valence-corrected chi connectivity index (χ4v) is 2.36. The van der Waals surface area contributed by atoms with Gasteiger partial charge in [-0.15, -0.1) is 5.06 Å². The third-order valence-electron chi connectivity index (χ3n) is 3.46. The van der Waals surface area contributed by atoms with Gasteiger partial charge in [0.05, 0.1) is 12.6 Å². The van der Waals surface area contributed by atoms with Crippen LogP contribution < -0.4 is 10.8 Å². The SMILES string of the molecule is BC(=O)N[C@@H](CO)c1cccc(BC(=O)ON2C(=O)CCC2=O)c1. The molecule has 1 aromatic rings. The van der Waals surface area contributed by atoms with Crippen molar-refractivity contribution in [2.24, 2.45) is 0 Å². The molecule has 0 unspecified atom stereocenters. The lowest BCUT2D eigenvalue weighted by atomic mass is 9.70. The summed E-state index contributed by atoms with van der Waals surface area (Å²) in [7, 11) is 1.19. The molecule has 0 bridgehead atoms. The fraction of sp³-hybridized carbons (Fsp3) is 0.286. The van der Waals surface area contributed by atoms with Crippen molar-refractivity contribution in [1.82, 2.24) is 10.4 Å². The molecule has 2 rings (SSSR count). The third-order valence-corrected chi connectivity index (χ3v) is 3.46. The maximum Gasteiger partial charge on any atom is 0.297 e. The molecule has 10 heteroatoms. The van der Waals surface area contributed by atoms with Crippen molar-refractivity contribution >= 4 is 44.1 Å². The Bertz CT molecular complexity index is 665. The predicted octanol–water partition coefficient (Wildman–Crippen LogP) is -1.67. The molecule has 0 saturated carbocycles. The van der Waals surface area contributed by atoms with Gasteiger partial charge in [0, 0.05) is 12.8 Å². The third kappa shape index (κ3) is 4.45. The lowest BCUT2D eigenvalue weighted by molar-refractivity contribution is -0.169. The number of carbonyl (C=O) groups is 4. The number of aliphatic hydroxyl groups excluding tert-OH is 1. The molecule has 124 valence electrons. The van der Waals surface area contributed by atoms with Crippen LogP contribution in [0.5, 0.6) is 0 Å². The van der Waals surface area contributed by atoms with Crippen molar-refractivity contribution < 1.29 is 29.1 Å². The number of benzene rings is 1. The number of rotatable bonds is 6. The van der Waals surface area contributed by atoms with Crippen LogP contribution in [0.15, 0.2) is 24.3 Å². The maximum atomic E-state index is 11.9. The molecule has 1 saturated heterocycles. The van der Waals surface area contributed by atoms with Crippen LogP contribution in [0.2, 0.25) is 0 Å². The Balaban J connectivity index is 2.03. The number of carbonyl (C=O) groups excluding carboxylic acids is 4. The largest absolute Gasteiger partial charge is 0.394 e. The van der Waals surface area contributed by atoms with Crippen LogP contribution >= 0.6 is 0 Å². The van der Waals surface area contributed by atoms with E-state index in [0.717, 1.165) is 0 Å². The van der Waals surface area contributed by atoms with Crippen molar-refractivity contribution in [3.8, 4) is 0 Å². The number of imide groups is 1. The van der Waals surface area contributed by atoms with E-state index >= 15 is 0 Å². The molecule has 0 aromatic heterocycles. The lowest BCUT2D eigenvalue weighted by Crippen LogP contribution is -2.36. The molecule has 2 N–H and O–H groups in total. The van der Waals surface area contributed by atoms with Gasteiger partial charge in [0.2, 0.25) is 7.85 Å². The van der Waals surface area contributed by atoms with Crippen molar-refractivity contribution in [1.29, 1.82) is 0 Å². The van der Waals surface area contributed by atoms with Gasteiger partial charge >= 0.3 is 0 Å². The van der Waals surface area contributed by atoms with Gasteiger partial charge in [0.25, 0.3) is 25.0 Å². The molecule has 24 heavy (non-hydrogen) atoms. The zero-order valence-electron chi connectivity index (χ0n) is 13.2. The number of hydroxylamine groups is 2. The summed E-state index contributed by atoms with van der Waals surface area (Å²) in [6.45, 7) is -0.287. The van der Waals surface area contributed by atoms with Gasteiger partial charge in [-0.3, -0.25) is 19.2 Å². The lowest BCUT2D eigenvalue weighted by Gasteiger charge is -2.17. The highest BCUT2D eigenvalue weighted by Gasteiger charge is 2.32. The van der Waals surface area contributed by atoms with Crippen molar-refractivity contribution in [3.05, 3.63) is 29.8 Å². The van der Waals surface area contributed by atoms with E-state index in [2.05, 4.69) is 5.32 Å². The molecule has 0 radical (unpaired) electrons. The molecule has 1 aliphatic rings. The Labute approximate surface area is 139 Å². The Kier molecular flexibility index (Phi) is 5.75. The van der Waals surface area contributed by atoms with Gasteiger partial charge in [-0.05, 0) is 5.56 Å². The number of nitrogens with one attached hydrogen (secondary N) is 1. The standard InChI is InChI=1S/C14H16B2N2O6/c15-13(22)17-10(7-19)8-2-1-3-9(6-8)16-14(23)24-18-11(20)4-5-12(18)21/h1-3,6,10,16,19H,4-5,7,15H2,(H,17,22)/t10-/m0/s1. The Morgan fingerprint density at radius 3 is 2.58 bits per heavy atom. The summed E-state index contributed by atoms with van der Waals surface area (Å²) >= 11 is 0. The summed E-state index contributed by atoms with van der Waals surface area (Å²) in [6.07, 6.45) is 0.0764. The van der Waals surface area contributed by atoms with Gasteiger partial charge in [-0.2, -0.15) is 0 Å². The molecule has 1 aliphatic heterocycles. The molecule has 0 spiro atoms. The molecule has 8 nitrogen and oxygen atoms in total. The van der Waals surface area contributed by atoms with Crippen LogP contribution in [0, 0.1) is 0 Å². The summed E-state index contributed by atoms with van der Waals surface area (Å²) in [4.78, 5) is 50.7. The van der Waals surface area contributed by atoms with Crippen molar-refractivity contribution in [2.45, 2.75) is 18.9 Å². The second-order valence-corrected chi connectivity index (χ2v) is 5.40. The van der Waals surface area contributed by atoms with Gasteiger partial charge in [-0.25, -0.2) is 0 Å². The van der Waals surface area contributed by atoms with Crippen LogP contribution in [-0.4, -0.2) is 55.4 Å². The first-order valence-corrected chi connectivity index (χ1v) is 7.44. The quantitative estimate of drug-likeness (QED) is 0.476. The summed E-state index contributed by atoms with van der Waals surface area (Å²) < 4.78 is 0. The minimum absolute atomic E-state index is 0.0382. The Hall–Kier alpha value is -2.61. The van der Waals surface area contributed by atoms with Crippen LogP contribution in [-0.2, 0) is 14.4 Å². The highest BCUT2D eigenvalue weighted by atomic mass is 16.7. The second kappa shape index (κ2) is 7.78. The monoisotopic (exact) mass is 330 g/mol. The Morgan fingerprint density at radius 2 is 2.00 bits per heavy atom. The van der Waals surface area contributed by atoms with Crippen molar-refractivity contribution in [2.75, 3.05) is 6.61 Å². The molecule has 1 heterocycles. The minimum Gasteiger partial charge on any atom is -0.394 e. The number of hydrogen-bond donors (Lipinski definition) is 2. The molecular weight excluding hydrogens is 314 g/mol. The minimum atomic E-state index is -0.740. The highest BCUT2D eigenvalue weighted by molar-refractivity contribution is 6.82. The normalized spacial score (nSPS) is 15.1. The highest BCUT2D eigenvalue weighted by Crippen LogP contribution is 2.13. The van der Waals surface area contributed by atoms with E-state index in [4.69, 9.17) is 4.84 Å². The van der Waals surface area contributed by atoms with Gasteiger partial charge in [-0.1, -0.05) is 29.7 Å². The van der Waals surface area contributed by atoms with E-state index in [1.165, 1.54) is 7.85 Å². The zero-order chi connectivity index (χ0) is 17.7. The second-order valence-electron chi connectivity index (χ2n) is 5.40. The smallest absolute Gasteiger partial charge is 0.297 e. The summed E-state index contributed by atoms with van der Waals surface area (Å²) in [6, 6.07) is 6.11. The van der Waals surface area contributed by atoms with Crippen LogP contribution in [0.3, 0.4) is 0 Å². The summed E-state index contributed by atoms with van der Waals surface area (Å²) in [5.41, 5.74) is 1.20. The molecular formula is C14H16B2N2O6. The van der Waals surface area contributed by atoms with E-state index in [1.807, 2.05) is 0 Å². The van der Waals surface area contributed by atoms with E-state index in [-0.39, 0.29) is 32.5 Å². The molecule has 1 aromatic carbocycles. The molecule has 1 fully saturated rings. The predicted molar refractivity (Wildman–Crippen MR) is 87.7 cm³/mol. The Morgan fingerprint density at radius 1 is 1.33 bits per heavy atom. The van der Waals surface area contributed by atoms with E-state index in [1.54, 1.807) is 24.3 Å². The number of hydrogen-bond acceptors (Lipinski definition) is 6. The average Bonchev–Trinajstić information content (AvgIpc) is 2.84. The summed E-state index contributed by atoms with van der Waals surface area (Å²) in [5, 5.41) is 12.5. The zero-order valence-corrected chi connectivity index (χ0v) is 13.2. The number of amides is 3. The first-order chi connectivity index (χ1) is 11.4. The number of aliphatic hydroxyl groups is 1. The van der Waals surface area contributed by atoms with E-state index < -0.39 is 23.7 Å². The average molecular weight is 330 g/mol. The fourth-order valence-electron chi connectivity index (χ4n) is 2.36. The molecule has 0 aliphatic carbocycles. The van der Waals surface area contributed by atoms with Crippen molar-refractivity contribution in [3.63, 3.8) is 0 Å². The van der Waals surface area contributed by atoms with Crippen LogP contribution in [0.1, 0.15) is 24.4 Å². The molecule has 1 atom stereocenters. The van der Waals surface area contributed by atoms with Gasteiger partial charge in [0.1, 0.15) is 0 Å². The summed E-state index contributed by atoms with van der Waals surface area (Å²) in [5.74, 6) is -2.10. The van der Waals surface area contributed by atoms with E-state index in [9.17, 15) is 24.3 Å². The number of nitrogens with zero attached hydrogens (tertiary/aromatic N) is 1. The maximum absolute atomic E-state index is 11.9. The van der Waals surface area contributed by atoms with Gasteiger partial charge in [0.15, 0.2) is 5.81 Å². The molecule has 3 amide bonds. The van der Waals surface area contributed by atoms with Gasteiger partial charge < -0.3 is 15.3 Å². The van der Waals surface area contributed by atoms with Crippen LogP contribution in [0.25, 0.3) is 0 Å². The first-order valence-electron chi connectivity index (χ1n) is 7.44.